The Labute approximate surface area is 118 Å². The number of aromatic nitrogens is 3. The summed E-state index contributed by atoms with van der Waals surface area (Å²) in [6.07, 6.45) is 5.33. The molecule has 1 aromatic heterocycles. The highest BCUT2D eigenvalue weighted by molar-refractivity contribution is 8.13. The van der Waals surface area contributed by atoms with Gasteiger partial charge < -0.3 is 0 Å². The van der Waals surface area contributed by atoms with Crippen molar-refractivity contribution in [3.8, 4) is 0 Å². The van der Waals surface area contributed by atoms with Crippen LogP contribution in [0.25, 0.3) is 0 Å². The topological polar surface area (TPSA) is 64.8 Å². The van der Waals surface area contributed by atoms with Gasteiger partial charge in [-0.15, -0.1) is 10.2 Å². The maximum Gasteiger partial charge on any atom is 0.296 e. The van der Waals surface area contributed by atoms with Gasteiger partial charge in [0.05, 0.1) is 0 Å². The molecule has 1 aliphatic rings. The maximum absolute atomic E-state index is 11.6. The van der Waals surface area contributed by atoms with E-state index in [2.05, 4.69) is 17.1 Å². The standard InChI is InChI=1S/C12H20ClN3O2S/c1-4-12(7-5-6-8-12)10-14-15-11(19(13,17)18)16(10)9(2)3/h9H,4-8H2,1-3H3. The van der Waals surface area contributed by atoms with Crippen LogP contribution in [0, 0.1) is 0 Å². The van der Waals surface area contributed by atoms with Crippen LogP contribution in [-0.4, -0.2) is 23.2 Å². The molecule has 0 unspecified atom stereocenters. The molecule has 1 saturated carbocycles. The fourth-order valence-corrected chi connectivity index (χ4v) is 4.04. The molecule has 5 nitrogen and oxygen atoms in total. The van der Waals surface area contributed by atoms with Crippen LogP contribution in [0.5, 0.6) is 0 Å². The van der Waals surface area contributed by atoms with Crippen LogP contribution in [0.3, 0.4) is 0 Å². The summed E-state index contributed by atoms with van der Waals surface area (Å²) in [6.45, 7) is 5.98. The highest BCUT2D eigenvalue weighted by atomic mass is 35.7. The van der Waals surface area contributed by atoms with E-state index in [9.17, 15) is 8.42 Å². The van der Waals surface area contributed by atoms with Gasteiger partial charge in [-0.25, -0.2) is 8.42 Å². The van der Waals surface area contributed by atoms with Crippen molar-refractivity contribution in [2.75, 3.05) is 0 Å². The lowest BCUT2D eigenvalue weighted by atomic mass is 9.82. The van der Waals surface area contributed by atoms with Crippen LogP contribution in [-0.2, 0) is 14.5 Å². The zero-order chi connectivity index (χ0) is 14.3. The van der Waals surface area contributed by atoms with E-state index in [1.54, 1.807) is 4.57 Å². The van der Waals surface area contributed by atoms with Crippen LogP contribution in [0.2, 0.25) is 0 Å². The van der Waals surface area contributed by atoms with Gasteiger partial charge in [0.2, 0.25) is 0 Å². The Kier molecular flexibility index (Phi) is 3.93. The second-order valence-electron chi connectivity index (χ2n) is 5.55. The Bertz CT molecular complexity index is 560. The van der Waals surface area contributed by atoms with Crippen molar-refractivity contribution in [3.05, 3.63) is 5.82 Å². The summed E-state index contributed by atoms with van der Waals surface area (Å²) in [5.41, 5.74) is -0.0445. The molecule has 19 heavy (non-hydrogen) atoms. The first-order valence-electron chi connectivity index (χ1n) is 6.72. The molecule has 0 aromatic carbocycles. The number of hydrogen-bond acceptors (Lipinski definition) is 4. The summed E-state index contributed by atoms with van der Waals surface area (Å²) in [5, 5.41) is 7.89. The summed E-state index contributed by atoms with van der Waals surface area (Å²) in [5.74, 6) is 0.779. The Morgan fingerprint density at radius 3 is 2.32 bits per heavy atom. The van der Waals surface area contributed by atoms with Gasteiger partial charge in [0, 0.05) is 22.1 Å². The summed E-state index contributed by atoms with van der Waals surface area (Å²) in [7, 11) is 1.60. The third-order valence-electron chi connectivity index (χ3n) is 4.11. The molecule has 0 radical (unpaired) electrons. The largest absolute Gasteiger partial charge is 0.298 e. The van der Waals surface area contributed by atoms with Crippen molar-refractivity contribution in [1.29, 1.82) is 0 Å². The smallest absolute Gasteiger partial charge is 0.296 e. The van der Waals surface area contributed by atoms with Crippen molar-refractivity contribution >= 4 is 19.7 Å². The zero-order valence-corrected chi connectivity index (χ0v) is 13.1. The molecule has 2 rings (SSSR count). The monoisotopic (exact) mass is 305 g/mol. The third kappa shape index (κ3) is 2.52. The van der Waals surface area contributed by atoms with E-state index in [-0.39, 0.29) is 16.6 Å². The Morgan fingerprint density at radius 1 is 1.32 bits per heavy atom. The van der Waals surface area contributed by atoms with Crippen LogP contribution in [0.4, 0.5) is 0 Å². The molecule has 1 fully saturated rings. The lowest BCUT2D eigenvalue weighted by Gasteiger charge is -2.28. The van der Waals surface area contributed by atoms with E-state index in [1.165, 1.54) is 0 Å². The fourth-order valence-electron chi connectivity index (χ4n) is 3.06. The first-order valence-corrected chi connectivity index (χ1v) is 9.03. The van der Waals surface area contributed by atoms with Crippen molar-refractivity contribution in [1.82, 2.24) is 14.8 Å². The molecule has 1 aromatic rings. The molecule has 0 N–H and O–H groups in total. The zero-order valence-electron chi connectivity index (χ0n) is 11.6. The summed E-state index contributed by atoms with van der Waals surface area (Å²) in [6, 6.07) is -0.0300. The predicted molar refractivity (Wildman–Crippen MR) is 73.9 cm³/mol. The number of hydrogen-bond donors (Lipinski definition) is 0. The second-order valence-corrected chi connectivity index (χ2v) is 8.01. The van der Waals surface area contributed by atoms with E-state index in [0.29, 0.717) is 0 Å². The second kappa shape index (κ2) is 5.05. The molecular formula is C12H20ClN3O2S. The minimum atomic E-state index is -3.86. The van der Waals surface area contributed by atoms with E-state index >= 15 is 0 Å². The van der Waals surface area contributed by atoms with Gasteiger partial charge in [0.1, 0.15) is 5.82 Å². The minimum Gasteiger partial charge on any atom is -0.298 e. The summed E-state index contributed by atoms with van der Waals surface area (Å²) < 4.78 is 24.9. The Hall–Kier alpha value is -0.620. The van der Waals surface area contributed by atoms with Crippen LogP contribution in [0.15, 0.2) is 5.16 Å². The SMILES string of the molecule is CCC1(c2nnc(S(=O)(=O)Cl)n2C(C)C)CCCC1. The summed E-state index contributed by atoms with van der Waals surface area (Å²) >= 11 is 0. The molecule has 0 bridgehead atoms. The average Bonchev–Trinajstić information content (AvgIpc) is 2.95. The van der Waals surface area contributed by atoms with Gasteiger partial charge in [0.25, 0.3) is 14.2 Å². The van der Waals surface area contributed by atoms with Crippen molar-refractivity contribution in [2.24, 2.45) is 0 Å². The van der Waals surface area contributed by atoms with Crippen molar-refractivity contribution < 1.29 is 8.42 Å². The molecule has 0 spiro atoms. The van der Waals surface area contributed by atoms with Gasteiger partial charge in [-0.2, -0.15) is 0 Å². The van der Waals surface area contributed by atoms with Gasteiger partial charge in [-0.1, -0.05) is 19.8 Å². The highest BCUT2D eigenvalue weighted by Crippen LogP contribution is 2.44. The predicted octanol–water partition coefficient (Wildman–Crippen LogP) is 3.01. The number of halogens is 1. The third-order valence-corrected chi connectivity index (χ3v) is 5.24. The van der Waals surface area contributed by atoms with Crippen LogP contribution in [0.1, 0.15) is 64.7 Å². The van der Waals surface area contributed by atoms with Gasteiger partial charge in [-0.3, -0.25) is 4.57 Å². The molecule has 1 heterocycles. The Morgan fingerprint density at radius 2 is 1.89 bits per heavy atom. The first kappa shape index (κ1) is 14.8. The molecule has 0 aliphatic heterocycles. The first-order chi connectivity index (χ1) is 8.82. The lowest BCUT2D eigenvalue weighted by Crippen LogP contribution is -2.27. The lowest BCUT2D eigenvalue weighted by molar-refractivity contribution is 0.360. The Balaban J connectivity index is 2.62. The van der Waals surface area contributed by atoms with E-state index in [1.807, 2.05) is 13.8 Å². The van der Waals surface area contributed by atoms with E-state index in [4.69, 9.17) is 10.7 Å². The summed E-state index contributed by atoms with van der Waals surface area (Å²) in [4.78, 5) is 0. The number of rotatable bonds is 4. The molecule has 0 amide bonds. The van der Waals surface area contributed by atoms with Crippen LogP contribution >= 0.6 is 10.7 Å². The molecule has 0 saturated heterocycles. The minimum absolute atomic E-state index is 0.0300. The molecule has 108 valence electrons. The normalized spacial score (nSPS) is 19.2. The maximum atomic E-state index is 11.6. The molecule has 0 atom stereocenters. The van der Waals surface area contributed by atoms with Gasteiger partial charge in [-0.05, 0) is 33.1 Å². The fraction of sp³-hybridized carbons (Fsp3) is 0.833. The van der Waals surface area contributed by atoms with E-state index in [0.717, 1.165) is 37.9 Å². The average molecular weight is 306 g/mol. The van der Waals surface area contributed by atoms with Gasteiger partial charge in [0.15, 0.2) is 0 Å². The van der Waals surface area contributed by atoms with Crippen molar-refractivity contribution in [3.63, 3.8) is 0 Å². The molecule has 1 aliphatic carbocycles. The van der Waals surface area contributed by atoms with Crippen molar-refractivity contribution in [2.45, 2.75) is 69.5 Å². The van der Waals surface area contributed by atoms with Crippen LogP contribution < -0.4 is 0 Å². The van der Waals surface area contributed by atoms with E-state index < -0.39 is 9.05 Å². The highest BCUT2D eigenvalue weighted by Gasteiger charge is 2.40. The molecule has 7 heteroatoms. The molecular weight excluding hydrogens is 286 g/mol. The number of nitrogens with zero attached hydrogens (tertiary/aromatic N) is 3. The quantitative estimate of drug-likeness (QED) is 0.802. The van der Waals surface area contributed by atoms with Gasteiger partial charge >= 0.3 is 0 Å².